The lowest BCUT2D eigenvalue weighted by Crippen LogP contribution is -2.12. The van der Waals surface area contributed by atoms with Crippen molar-refractivity contribution in [1.29, 1.82) is 0 Å². The standard InChI is InChI=1S/C15H28/c1-3-5-6-7-9-15-12-10-14(8-4-2)11-13-15/h4,8,14-15H,3,5-7,9-13H2,1-2H3. The lowest BCUT2D eigenvalue weighted by molar-refractivity contribution is 0.288. The molecule has 0 radical (unpaired) electrons. The van der Waals surface area contributed by atoms with Crippen LogP contribution in [-0.4, -0.2) is 0 Å². The fourth-order valence-corrected chi connectivity index (χ4v) is 2.80. The van der Waals surface area contributed by atoms with Crippen molar-refractivity contribution in [2.75, 3.05) is 0 Å². The van der Waals surface area contributed by atoms with E-state index in [9.17, 15) is 0 Å². The van der Waals surface area contributed by atoms with Crippen LogP contribution >= 0.6 is 0 Å². The van der Waals surface area contributed by atoms with Crippen molar-refractivity contribution in [3.05, 3.63) is 12.2 Å². The van der Waals surface area contributed by atoms with Crippen molar-refractivity contribution < 1.29 is 0 Å². The molecule has 0 nitrogen and oxygen atoms in total. The van der Waals surface area contributed by atoms with Gasteiger partial charge in [-0.1, -0.05) is 51.2 Å². The molecule has 88 valence electrons. The maximum absolute atomic E-state index is 2.41. The Morgan fingerprint density at radius 2 is 1.73 bits per heavy atom. The average Bonchev–Trinajstić information content (AvgIpc) is 2.27. The summed E-state index contributed by atoms with van der Waals surface area (Å²) in [4.78, 5) is 0. The zero-order valence-electron chi connectivity index (χ0n) is 10.7. The van der Waals surface area contributed by atoms with Gasteiger partial charge in [0.25, 0.3) is 0 Å². The largest absolute Gasteiger partial charge is 0.0914 e. The summed E-state index contributed by atoms with van der Waals surface area (Å²) in [6.45, 7) is 4.44. The molecule has 0 N–H and O–H groups in total. The molecule has 0 amide bonds. The van der Waals surface area contributed by atoms with E-state index in [0.717, 1.165) is 11.8 Å². The minimum Gasteiger partial charge on any atom is -0.0914 e. The molecule has 1 aliphatic carbocycles. The van der Waals surface area contributed by atoms with Crippen molar-refractivity contribution in [2.24, 2.45) is 11.8 Å². The number of rotatable bonds is 6. The highest BCUT2D eigenvalue weighted by atomic mass is 14.2. The zero-order valence-corrected chi connectivity index (χ0v) is 10.7. The van der Waals surface area contributed by atoms with Gasteiger partial charge < -0.3 is 0 Å². The Labute approximate surface area is 96.2 Å². The second-order valence-electron chi connectivity index (χ2n) is 5.16. The topological polar surface area (TPSA) is 0 Å². The second-order valence-corrected chi connectivity index (χ2v) is 5.16. The molecule has 0 heteroatoms. The summed E-state index contributed by atoms with van der Waals surface area (Å²) in [6.07, 6.45) is 17.8. The lowest BCUT2D eigenvalue weighted by Gasteiger charge is -2.26. The van der Waals surface area contributed by atoms with E-state index < -0.39 is 0 Å². The van der Waals surface area contributed by atoms with E-state index in [1.54, 1.807) is 0 Å². The van der Waals surface area contributed by atoms with Crippen molar-refractivity contribution in [3.8, 4) is 0 Å². The number of allylic oxidation sites excluding steroid dienone is 2. The molecule has 0 spiro atoms. The summed E-state index contributed by atoms with van der Waals surface area (Å²) in [5.41, 5.74) is 0. The Bertz CT molecular complexity index is 161. The zero-order chi connectivity index (χ0) is 10.9. The fraction of sp³-hybridized carbons (Fsp3) is 0.867. The Hall–Kier alpha value is -0.260. The predicted octanol–water partition coefficient (Wildman–Crippen LogP) is 5.34. The van der Waals surface area contributed by atoms with E-state index in [4.69, 9.17) is 0 Å². The molecule has 0 aromatic heterocycles. The fourth-order valence-electron chi connectivity index (χ4n) is 2.80. The molecule has 0 saturated heterocycles. The molecule has 1 rings (SSSR count). The van der Waals surface area contributed by atoms with Crippen molar-refractivity contribution in [1.82, 2.24) is 0 Å². The first-order valence-corrected chi connectivity index (χ1v) is 6.99. The molecule has 1 saturated carbocycles. The summed E-state index contributed by atoms with van der Waals surface area (Å²) in [6, 6.07) is 0. The summed E-state index contributed by atoms with van der Waals surface area (Å²) in [7, 11) is 0. The van der Waals surface area contributed by atoms with Crippen molar-refractivity contribution >= 4 is 0 Å². The van der Waals surface area contributed by atoms with Crippen molar-refractivity contribution in [2.45, 2.75) is 71.6 Å². The van der Waals surface area contributed by atoms with Gasteiger partial charge in [-0.15, -0.1) is 0 Å². The molecule has 0 atom stereocenters. The van der Waals surface area contributed by atoms with Gasteiger partial charge >= 0.3 is 0 Å². The summed E-state index contributed by atoms with van der Waals surface area (Å²) in [5, 5.41) is 0. The number of unbranched alkanes of at least 4 members (excludes halogenated alkanes) is 3. The Morgan fingerprint density at radius 1 is 1.00 bits per heavy atom. The highest BCUT2D eigenvalue weighted by molar-refractivity contribution is 4.88. The Kier molecular flexibility index (Phi) is 6.80. The van der Waals surface area contributed by atoms with Crippen LogP contribution in [-0.2, 0) is 0 Å². The quantitative estimate of drug-likeness (QED) is 0.408. The van der Waals surface area contributed by atoms with Gasteiger partial charge in [-0.2, -0.15) is 0 Å². The maximum Gasteiger partial charge on any atom is -0.0233 e. The molecular formula is C15H28. The molecule has 0 aliphatic heterocycles. The SMILES string of the molecule is CC=CC1CCC(CCCCCC)CC1. The predicted molar refractivity (Wildman–Crippen MR) is 69.0 cm³/mol. The van der Waals surface area contributed by atoms with Gasteiger partial charge in [0.1, 0.15) is 0 Å². The van der Waals surface area contributed by atoms with Gasteiger partial charge in [0.05, 0.1) is 0 Å². The van der Waals surface area contributed by atoms with E-state index >= 15 is 0 Å². The maximum atomic E-state index is 2.41. The highest BCUT2D eigenvalue weighted by Gasteiger charge is 2.18. The van der Waals surface area contributed by atoms with E-state index in [1.165, 1.54) is 57.8 Å². The van der Waals surface area contributed by atoms with E-state index in [-0.39, 0.29) is 0 Å². The third kappa shape index (κ3) is 5.39. The first-order chi connectivity index (χ1) is 7.36. The molecule has 0 aromatic rings. The lowest BCUT2D eigenvalue weighted by atomic mass is 9.79. The molecule has 0 unspecified atom stereocenters. The molecule has 0 bridgehead atoms. The molecule has 1 aliphatic rings. The minimum absolute atomic E-state index is 0.905. The molecule has 0 aromatic carbocycles. The average molecular weight is 208 g/mol. The third-order valence-electron chi connectivity index (χ3n) is 3.82. The van der Waals surface area contributed by atoms with E-state index in [1.807, 2.05) is 0 Å². The van der Waals surface area contributed by atoms with Crippen LogP contribution < -0.4 is 0 Å². The first-order valence-electron chi connectivity index (χ1n) is 6.99. The Morgan fingerprint density at radius 3 is 2.33 bits per heavy atom. The van der Waals surface area contributed by atoms with Crippen LogP contribution in [0.3, 0.4) is 0 Å². The van der Waals surface area contributed by atoms with Gasteiger partial charge in [-0.25, -0.2) is 0 Å². The van der Waals surface area contributed by atoms with Gasteiger partial charge in [0.15, 0.2) is 0 Å². The summed E-state index contributed by atoms with van der Waals surface area (Å²) in [5.74, 6) is 1.96. The minimum atomic E-state index is 0.905. The highest BCUT2D eigenvalue weighted by Crippen LogP contribution is 2.32. The molecule has 1 fully saturated rings. The van der Waals surface area contributed by atoms with Crippen LogP contribution in [0.4, 0.5) is 0 Å². The monoisotopic (exact) mass is 208 g/mol. The molecule has 0 heterocycles. The van der Waals surface area contributed by atoms with Crippen LogP contribution in [0.15, 0.2) is 12.2 Å². The van der Waals surface area contributed by atoms with Crippen LogP contribution in [0.2, 0.25) is 0 Å². The Balaban J connectivity index is 2.04. The van der Waals surface area contributed by atoms with Gasteiger partial charge in [-0.3, -0.25) is 0 Å². The third-order valence-corrected chi connectivity index (χ3v) is 3.82. The van der Waals surface area contributed by atoms with Crippen LogP contribution in [0.25, 0.3) is 0 Å². The van der Waals surface area contributed by atoms with E-state index in [0.29, 0.717) is 0 Å². The normalized spacial score (nSPS) is 27.3. The molecule has 15 heavy (non-hydrogen) atoms. The van der Waals surface area contributed by atoms with Crippen molar-refractivity contribution in [3.63, 3.8) is 0 Å². The first kappa shape index (κ1) is 12.8. The van der Waals surface area contributed by atoms with E-state index in [2.05, 4.69) is 26.0 Å². The van der Waals surface area contributed by atoms with Crippen LogP contribution in [0.1, 0.15) is 71.6 Å². The summed E-state index contributed by atoms with van der Waals surface area (Å²) >= 11 is 0. The summed E-state index contributed by atoms with van der Waals surface area (Å²) < 4.78 is 0. The van der Waals surface area contributed by atoms with Crippen LogP contribution in [0, 0.1) is 11.8 Å². The number of hydrogen-bond acceptors (Lipinski definition) is 0. The van der Waals surface area contributed by atoms with Crippen LogP contribution in [0.5, 0.6) is 0 Å². The number of hydrogen-bond donors (Lipinski definition) is 0. The van der Waals surface area contributed by atoms with Gasteiger partial charge in [-0.05, 0) is 44.4 Å². The molecular weight excluding hydrogens is 180 g/mol. The smallest absolute Gasteiger partial charge is 0.0233 e. The van der Waals surface area contributed by atoms with Gasteiger partial charge in [0, 0.05) is 0 Å². The van der Waals surface area contributed by atoms with Gasteiger partial charge in [0.2, 0.25) is 0 Å². The second kappa shape index (κ2) is 7.96.